The van der Waals surface area contributed by atoms with Crippen LogP contribution in [0.25, 0.3) is 0 Å². The summed E-state index contributed by atoms with van der Waals surface area (Å²) in [5.74, 6) is 0.318. The molecular weight excluding hydrogens is 380 g/mol. The highest BCUT2D eigenvalue weighted by Crippen LogP contribution is 2.40. The minimum absolute atomic E-state index is 0.00584. The molecule has 1 aliphatic carbocycles. The third-order valence-electron chi connectivity index (χ3n) is 3.62. The quantitative estimate of drug-likeness (QED) is 0.395. The highest BCUT2D eigenvalue weighted by molar-refractivity contribution is 8.17. The van der Waals surface area contributed by atoms with Gasteiger partial charge in [-0.1, -0.05) is 55.8 Å². The largest absolute Gasteiger partial charge is 0.282 e. The third-order valence-corrected chi connectivity index (χ3v) is 7.04. The van der Waals surface area contributed by atoms with Crippen LogP contribution in [-0.2, 0) is 9.59 Å². The van der Waals surface area contributed by atoms with Crippen LogP contribution in [0, 0.1) is 5.92 Å². The molecule has 1 aromatic carbocycles. The summed E-state index contributed by atoms with van der Waals surface area (Å²) in [4.78, 5) is 28.0. The van der Waals surface area contributed by atoms with E-state index < -0.39 is 0 Å². The molecule has 0 spiro atoms. The lowest BCUT2D eigenvalue weighted by Crippen LogP contribution is -2.04. The van der Waals surface area contributed by atoms with E-state index in [1.807, 2.05) is 30.3 Å². The maximum Gasteiger partial charge on any atom is 0.219 e. The van der Waals surface area contributed by atoms with Crippen molar-refractivity contribution in [2.24, 2.45) is 5.92 Å². The van der Waals surface area contributed by atoms with E-state index in [4.69, 9.17) is 0 Å². The Morgan fingerprint density at radius 1 is 0.923 bits per heavy atom. The molecular formula is C21H22O2S3. The Balaban J connectivity index is 2.00. The van der Waals surface area contributed by atoms with E-state index in [0.717, 1.165) is 21.1 Å². The van der Waals surface area contributed by atoms with Crippen LogP contribution in [0.1, 0.15) is 27.2 Å². The van der Waals surface area contributed by atoms with E-state index in [1.165, 1.54) is 28.4 Å². The number of hydrogen-bond acceptors (Lipinski definition) is 5. The van der Waals surface area contributed by atoms with Crippen molar-refractivity contribution >= 4 is 45.5 Å². The van der Waals surface area contributed by atoms with Crippen molar-refractivity contribution in [3.05, 3.63) is 70.5 Å². The van der Waals surface area contributed by atoms with Crippen LogP contribution in [0.15, 0.2) is 80.3 Å². The van der Waals surface area contributed by atoms with Gasteiger partial charge >= 0.3 is 0 Å². The first-order valence-corrected chi connectivity index (χ1v) is 10.6. The van der Waals surface area contributed by atoms with E-state index in [2.05, 4.69) is 26.2 Å². The van der Waals surface area contributed by atoms with Gasteiger partial charge < -0.3 is 0 Å². The highest BCUT2D eigenvalue weighted by Gasteiger charge is 2.19. The molecule has 0 radical (unpaired) electrons. The van der Waals surface area contributed by atoms with Gasteiger partial charge in [0.25, 0.3) is 0 Å². The SMILES string of the molecule is C=C(C)C(=O)SC1=CC=C(Sc2ccc(SC(=O)C(=C)C)cc2)CC1C. The molecule has 1 aliphatic rings. The fourth-order valence-electron chi connectivity index (χ4n) is 2.14. The molecule has 0 aromatic heterocycles. The molecule has 0 fully saturated rings. The van der Waals surface area contributed by atoms with E-state index in [-0.39, 0.29) is 10.2 Å². The lowest BCUT2D eigenvalue weighted by molar-refractivity contribution is -0.108. The molecule has 0 heterocycles. The van der Waals surface area contributed by atoms with Crippen molar-refractivity contribution in [1.82, 2.24) is 0 Å². The van der Waals surface area contributed by atoms with Crippen molar-refractivity contribution < 1.29 is 9.59 Å². The normalized spacial score (nSPS) is 16.5. The van der Waals surface area contributed by atoms with Gasteiger partial charge in [0.05, 0.1) is 0 Å². The summed E-state index contributed by atoms with van der Waals surface area (Å²) in [6, 6.07) is 7.98. The van der Waals surface area contributed by atoms with Crippen molar-refractivity contribution in [2.75, 3.05) is 0 Å². The number of hydrogen-bond donors (Lipinski definition) is 0. The Morgan fingerprint density at radius 3 is 2.00 bits per heavy atom. The average Bonchev–Trinajstić information content (AvgIpc) is 2.58. The molecule has 2 rings (SSSR count). The zero-order valence-electron chi connectivity index (χ0n) is 15.2. The topological polar surface area (TPSA) is 34.1 Å². The molecule has 26 heavy (non-hydrogen) atoms. The molecule has 0 N–H and O–H groups in total. The number of rotatable bonds is 6. The molecule has 0 bridgehead atoms. The summed E-state index contributed by atoms with van der Waals surface area (Å²) in [5, 5.41) is 0.0266. The van der Waals surface area contributed by atoms with E-state index >= 15 is 0 Å². The lowest BCUT2D eigenvalue weighted by atomic mass is 10.0. The summed E-state index contributed by atoms with van der Waals surface area (Å²) in [6.45, 7) is 13.0. The van der Waals surface area contributed by atoms with Crippen LogP contribution in [0.2, 0.25) is 0 Å². The van der Waals surface area contributed by atoms with Gasteiger partial charge in [-0.05, 0) is 83.2 Å². The minimum Gasteiger partial charge on any atom is -0.282 e. The molecule has 0 aliphatic heterocycles. The smallest absolute Gasteiger partial charge is 0.219 e. The van der Waals surface area contributed by atoms with Gasteiger partial charge in [-0.15, -0.1) is 0 Å². The molecule has 0 amide bonds. The second-order valence-corrected chi connectivity index (χ2v) is 9.51. The number of allylic oxidation sites excluding steroid dienone is 4. The van der Waals surface area contributed by atoms with Crippen LogP contribution >= 0.6 is 35.3 Å². The molecule has 1 atom stereocenters. The second-order valence-electron chi connectivity index (χ2n) is 6.22. The molecule has 2 nitrogen and oxygen atoms in total. The van der Waals surface area contributed by atoms with E-state index in [1.54, 1.807) is 25.6 Å². The predicted molar refractivity (Wildman–Crippen MR) is 115 cm³/mol. The van der Waals surface area contributed by atoms with Gasteiger partial charge in [-0.3, -0.25) is 9.59 Å². The molecule has 0 saturated carbocycles. The highest BCUT2D eigenvalue weighted by atomic mass is 32.2. The number of carbonyl (C=O) groups is 2. The summed E-state index contributed by atoms with van der Waals surface area (Å²) in [6.07, 6.45) is 5.04. The maximum absolute atomic E-state index is 11.8. The van der Waals surface area contributed by atoms with Crippen molar-refractivity contribution in [3.63, 3.8) is 0 Å². The van der Waals surface area contributed by atoms with Crippen LogP contribution in [0.4, 0.5) is 0 Å². The van der Waals surface area contributed by atoms with Gasteiger partial charge in [0.1, 0.15) is 0 Å². The van der Waals surface area contributed by atoms with Crippen LogP contribution in [0.3, 0.4) is 0 Å². The third kappa shape index (κ3) is 6.08. The average molecular weight is 403 g/mol. The molecule has 1 aromatic rings. The first-order valence-electron chi connectivity index (χ1n) is 8.20. The Labute approximate surface area is 168 Å². The molecule has 136 valence electrons. The van der Waals surface area contributed by atoms with Crippen LogP contribution < -0.4 is 0 Å². The summed E-state index contributed by atoms with van der Waals surface area (Å²) >= 11 is 4.21. The monoisotopic (exact) mass is 402 g/mol. The van der Waals surface area contributed by atoms with Crippen molar-refractivity contribution in [3.8, 4) is 0 Å². The first-order chi connectivity index (χ1) is 12.3. The standard InChI is InChI=1S/C21H22O2S3/c1-13(2)20(22)25-17-8-6-16(7-9-17)24-18-10-11-19(15(5)12-18)26-21(23)14(3)4/h6-11,15H,1,3,12H2,2,4-5H3. The van der Waals surface area contributed by atoms with Crippen molar-refractivity contribution in [1.29, 1.82) is 0 Å². The predicted octanol–water partition coefficient (Wildman–Crippen LogP) is 6.62. The van der Waals surface area contributed by atoms with E-state index in [9.17, 15) is 9.59 Å². The Bertz CT molecular complexity index is 801. The van der Waals surface area contributed by atoms with Crippen LogP contribution in [-0.4, -0.2) is 10.2 Å². The zero-order chi connectivity index (χ0) is 19.3. The summed E-state index contributed by atoms with van der Waals surface area (Å²) in [5.41, 5.74) is 1.13. The number of carbonyl (C=O) groups excluding carboxylic acids is 2. The fraction of sp³-hybridized carbons (Fsp3) is 0.238. The molecule has 1 unspecified atom stereocenters. The van der Waals surface area contributed by atoms with E-state index in [0.29, 0.717) is 17.1 Å². The lowest BCUT2D eigenvalue weighted by Gasteiger charge is -2.20. The summed E-state index contributed by atoms with van der Waals surface area (Å²) < 4.78 is 0. The zero-order valence-corrected chi connectivity index (χ0v) is 17.7. The summed E-state index contributed by atoms with van der Waals surface area (Å²) in [7, 11) is 0. The number of benzene rings is 1. The number of thioether (sulfide) groups is 3. The fourth-order valence-corrected chi connectivity index (χ4v) is 4.65. The van der Waals surface area contributed by atoms with Gasteiger partial charge in [0, 0.05) is 9.79 Å². The van der Waals surface area contributed by atoms with Gasteiger partial charge in [-0.25, -0.2) is 0 Å². The second kappa shape index (κ2) is 9.49. The maximum atomic E-state index is 11.8. The van der Waals surface area contributed by atoms with Gasteiger partial charge in [0.15, 0.2) is 0 Å². The Morgan fingerprint density at radius 2 is 1.46 bits per heavy atom. The molecule has 5 heteroatoms. The van der Waals surface area contributed by atoms with Gasteiger partial charge in [-0.2, -0.15) is 0 Å². The van der Waals surface area contributed by atoms with Crippen molar-refractivity contribution in [2.45, 2.75) is 37.0 Å². The minimum atomic E-state index is -0.00584. The molecule has 0 saturated heterocycles. The van der Waals surface area contributed by atoms with Crippen LogP contribution in [0.5, 0.6) is 0 Å². The first kappa shape index (κ1) is 20.9. The Hall–Kier alpha value is -1.43. The van der Waals surface area contributed by atoms with Gasteiger partial charge in [0.2, 0.25) is 10.2 Å². The Kier molecular flexibility index (Phi) is 7.62.